The molecule has 0 spiro atoms. The van der Waals surface area contributed by atoms with Crippen LogP contribution in [-0.4, -0.2) is 12.6 Å². The van der Waals surface area contributed by atoms with Gasteiger partial charge in [-0.25, -0.2) is 4.39 Å². The van der Waals surface area contributed by atoms with E-state index in [9.17, 15) is 17.6 Å². The Morgan fingerprint density at radius 3 is 2.43 bits per heavy atom. The zero-order valence-electron chi connectivity index (χ0n) is 7.06. The molecule has 0 unspecified atom stereocenters. The molecule has 0 saturated carbocycles. The number of rotatable bonds is 2. The average Bonchev–Trinajstić information content (AvgIpc) is 2.01. The average molecular weight is 226 g/mol. The van der Waals surface area contributed by atoms with Crippen molar-refractivity contribution < 1.29 is 22.3 Å². The molecule has 0 N–H and O–H groups in total. The zero-order chi connectivity index (χ0) is 10.8. The molecule has 0 aliphatic carbocycles. The van der Waals surface area contributed by atoms with Crippen LogP contribution < -0.4 is 4.74 Å². The Hall–Kier alpha value is -0.910. The van der Waals surface area contributed by atoms with Crippen LogP contribution >= 0.6 is 11.8 Å². The minimum atomic E-state index is -4.79. The van der Waals surface area contributed by atoms with E-state index in [1.165, 1.54) is 6.26 Å². The maximum absolute atomic E-state index is 13.0. The Balaban J connectivity index is 3.02. The minimum Gasteiger partial charge on any atom is -0.404 e. The zero-order valence-corrected chi connectivity index (χ0v) is 7.88. The highest BCUT2D eigenvalue weighted by molar-refractivity contribution is 7.98. The highest BCUT2D eigenvalue weighted by atomic mass is 32.2. The molecule has 1 nitrogen and oxygen atoms in total. The van der Waals surface area contributed by atoms with E-state index in [2.05, 4.69) is 4.74 Å². The van der Waals surface area contributed by atoms with Crippen molar-refractivity contribution in [2.24, 2.45) is 0 Å². The standard InChI is InChI=1S/C8H6F4OS/c1-14-7-5(9)3-2-4-6(7)13-8(10,11)12/h2-4H,1H3. The molecule has 1 aromatic carbocycles. The first kappa shape index (κ1) is 11.2. The Labute approximate surface area is 82.1 Å². The number of benzene rings is 1. The van der Waals surface area contributed by atoms with Gasteiger partial charge in [0.1, 0.15) is 11.6 Å². The summed E-state index contributed by atoms with van der Waals surface area (Å²) in [5.74, 6) is -1.23. The van der Waals surface area contributed by atoms with Crippen molar-refractivity contribution in [3.63, 3.8) is 0 Å². The first-order valence-electron chi connectivity index (χ1n) is 3.52. The third-order valence-electron chi connectivity index (χ3n) is 1.36. The molecule has 0 aliphatic heterocycles. The molecule has 6 heteroatoms. The maximum atomic E-state index is 13.0. The summed E-state index contributed by atoms with van der Waals surface area (Å²) in [4.78, 5) is -0.148. The lowest BCUT2D eigenvalue weighted by Gasteiger charge is -2.11. The van der Waals surface area contributed by atoms with E-state index in [-0.39, 0.29) is 4.90 Å². The molecule has 1 aromatic rings. The van der Waals surface area contributed by atoms with Gasteiger partial charge in [-0.3, -0.25) is 0 Å². The van der Waals surface area contributed by atoms with E-state index in [0.29, 0.717) is 0 Å². The van der Waals surface area contributed by atoms with Gasteiger partial charge in [0, 0.05) is 0 Å². The van der Waals surface area contributed by atoms with Crippen LogP contribution in [0.15, 0.2) is 23.1 Å². The van der Waals surface area contributed by atoms with Gasteiger partial charge in [0.25, 0.3) is 0 Å². The minimum absolute atomic E-state index is 0.148. The lowest BCUT2D eigenvalue weighted by Crippen LogP contribution is -2.17. The molecule has 0 fully saturated rings. The fourth-order valence-electron chi connectivity index (χ4n) is 0.892. The summed E-state index contributed by atoms with van der Waals surface area (Å²) in [5.41, 5.74) is 0. The van der Waals surface area contributed by atoms with Gasteiger partial charge in [-0.15, -0.1) is 24.9 Å². The van der Waals surface area contributed by atoms with Crippen molar-refractivity contribution in [1.82, 2.24) is 0 Å². The summed E-state index contributed by atoms with van der Waals surface area (Å²) in [6, 6.07) is 3.31. The summed E-state index contributed by atoms with van der Waals surface area (Å²) in [6.45, 7) is 0. The van der Waals surface area contributed by atoms with Gasteiger partial charge >= 0.3 is 6.36 Å². The van der Waals surface area contributed by atoms with Crippen LogP contribution in [0, 0.1) is 5.82 Å². The second-order valence-electron chi connectivity index (χ2n) is 2.32. The molecule has 78 valence electrons. The van der Waals surface area contributed by atoms with Crippen molar-refractivity contribution in [2.45, 2.75) is 11.3 Å². The van der Waals surface area contributed by atoms with Crippen LogP contribution in [0.4, 0.5) is 17.6 Å². The quantitative estimate of drug-likeness (QED) is 0.564. The van der Waals surface area contributed by atoms with Crippen LogP contribution in [0.2, 0.25) is 0 Å². The Morgan fingerprint density at radius 2 is 1.93 bits per heavy atom. The van der Waals surface area contributed by atoms with E-state index >= 15 is 0 Å². The molecule has 0 heterocycles. The highest BCUT2D eigenvalue weighted by Gasteiger charge is 2.32. The van der Waals surface area contributed by atoms with Crippen molar-refractivity contribution >= 4 is 11.8 Å². The second kappa shape index (κ2) is 4.08. The summed E-state index contributed by atoms with van der Waals surface area (Å²) >= 11 is 0.863. The van der Waals surface area contributed by atoms with Gasteiger partial charge in [0.2, 0.25) is 0 Å². The predicted octanol–water partition coefficient (Wildman–Crippen LogP) is 3.45. The Kier molecular flexibility index (Phi) is 3.25. The van der Waals surface area contributed by atoms with Crippen molar-refractivity contribution in [3.05, 3.63) is 24.0 Å². The number of halogens is 4. The van der Waals surface area contributed by atoms with Gasteiger partial charge < -0.3 is 4.74 Å². The smallest absolute Gasteiger partial charge is 0.404 e. The van der Waals surface area contributed by atoms with Crippen LogP contribution in [0.1, 0.15) is 0 Å². The van der Waals surface area contributed by atoms with Crippen molar-refractivity contribution in [1.29, 1.82) is 0 Å². The SMILES string of the molecule is CSc1c(F)cccc1OC(F)(F)F. The predicted molar refractivity (Wildman–Crippen MR) is 44.9 cm³/mol. The van der Waals surface area contributed by atoms with E-state index in [1.54, 1.807) is 0 Å². The summed E-state index contributed by atoms with van der Waals surface area (Å²) in [6.07, 6.45) is -3.32. The Morgan fingerprint density at radius 1 is 1.29 bits per heavy atom. The number of alkyl halides is 3. The third-order valence-corrected chi connectivity index (χ3v) is 2.17. The van der Waals surface area contributed by atoms with E-state index < -0.39 is 17.9 Å². The molecule has 0 aliphatic rings. The normalized spacial score (nSPS) is 11.5. The lowest BCUT2D eigenvalue weighted by atomic mass is 10.3. The summed E-state index contributed by atoms with van der Waals surface area (Å²) in [7, 11) is 0. The van der Waals surface area contributed by atoms with E-state index in [4.69, 9.17) is 0 Å². The highest BCUT2D eigenvalue weighted by Crippen LogP contribution is 2.33. The molecular weight excluding hydrogens is 220 g/mol. The molecule has 0 aromatic heterocycles. The molecule has 1 rings (SSSR count). The first-order valence-corrected chi connectivity index (χ1v) is 4.75. The van der Waals surface area contributed by atoms with Crippen LogP contribution in [0.25, 0.3) is 0 Å². The van der Waals surface area contributed by atoms with Gasteiger partial charge in [0.15, 0.2) is 0 Å². The fraction of sp³-hybridized carbons (Fsp3) is 0.250. The largest absolute Gasteiger partial charge is 0.573 e. The summed E-state index contributed by atoms with van der Waals surface area (Å²) < 4.78 is 52.1. The summed E-state index contributed by atoms with van der Waals surface area (Å²) in [5, 5.41) is 0. The molecule has 0 amide bonds. The molecule has 0 radical (unpaired) electrons. The molecular formula is C8H6F4OS. The Bertz CT molecular complexity index is 324. The molecule has 14 heavy (non-hydrogen) atoms. The van der Waals surface area contributed by atoms with Crippen molar-refractivity contribution in [2.75, 3.05) is 6.26 Å². The number of hydrogen-bond acceptors (Lipinski definition) is 2. The number of ether oxygens (including phenoxy) is 1. The topological polar surface area (TPSA) is 9.23 Å². The van der Waals surface area contributed by atoms with Crippen molar-refractivity contribution in [3.8, 4) is 5.75 Å². The monoisotopic (exact) mass is 226 g/mol. The van der Waals surface area contributed by atoms with Gasteiger partial charge in [-0.05, 0) is 18.4 Å². The lowest BCUT2D eigenvalue weighted by molar-refractivity contribution is -0.275. The van der Waals surface area contributed by atoms with Crippen LogP contribution in [-0.2, 0) is 0 Å². The van der Waals surface area contributed by atoms with Gasteiger partial charge in [-0.2, -0.15) is 0 Å². The molecule has 0 atom stereocenters. The number of thioether (sulfide) groups is 1. The second-order valence-corrected chi connectivity index (χ2v) is 3.14. The van der Waals surface area contributed by atoms with E-state index in [1.807, 2.05) is 0 Å². The van der Waals surface area contributed by atoms with E-state index in [0.717, 1.165) is 30.0 Å². The fourth-order valence-corrected chi connectivity index (χ4v) is 1.47. The molecule has 0 saturated heterocycles. The maximum Gasteiger partial charge on any atom is 0.573 e. The first-order chi connectivity index (χ1) is 6.44. The molecule has 0 bridgehead atoms. The van der Waals surface area contributed by atoms with Gasteiger partial charge in [0.05, 0.1) is 4.90 Å². The van der Waals surface area contributed by atoms with Crippen LogP contribution in [0.5, 0.6) is 5.75 Å². The van der Waals surface area contributed by atoms with Gasteiger partial charge in [-0.1, -0.05) is 6.07 Å². The van der Waals surface area contributed by atoms with Crippen LogP contribution in [0.3, 0.4) is 0 Å². The number of hydrogen-bond donors (Lipinski definition) is 0. The third kappa shape index (κ3) is 2.80.